The van der Waals surface area contributed by atoms with Gasteiger partial charge in [-0.15, -0.1) is 0 Å². The summed E-state index contributed by atoms with van der Waals surface area (Å²) in [7, 11) is -4.49. The molecule has 0 aliphatic carbocycles. The highest BCUT2D eigenvalue weighted by atomic mass is 32.2. The van der Waals surface area contributed by atoms with Gasteiger partial charge in [-0.1, -0.05) is 12.1 Å². The molecule has 14 heteroatoms. The minimum absolute atomic E-state index is 0.0629. The Hall–Kier alpha value is -4.56. The van der Waals surface area contributed by atoms with Crippen LogP contribution in [0.25, 0.3) is 11.0 Å². The number of nitro benzene ring substituents is 1. The van der Waals surface area contributed by atoms with Gasteiger partial charge in [-0.25, -0.2) is 22.5 Å². The Kier molecular flexibility index (Phi) is 7.62. The highest BCUT2D eigenvalue weighted by Gasteiger charge is 2.28. The van der Waals surface area contributed by atoms with E-state index in [-0.39, 0.29) is 29.6 Å². The second-order valence-corrected chi connectivity index (χ2v) is 10.9. The van der Waals surface area contributed by atoms with Crippen molar-refractivity contribution in [2.24, 2.45) is 0 Å². The lowest BCUT2D eigenvalue weighted by atomic mass is 10.2. The number of para-hydroxylation sites is 1. The molecule has 4 aromatic rings. The first-order chi connectivity index (χ1) is 19.2. The molecule has 0 bridgehead atoms. The van der Waals surface area contributed by atoms with Crippen LogP contribution in [0.15, 0.2) is 71.9 Å². The van der Waals surface area contributed by atoms with Crippen LogP contribution in [-0.2, 0) is 10.0 Å². The number of nitrogens with zero attached hydrogens (tertiary/aromatic N) is 3. The van der Waals surface area contributed by atoms with Gasteiger partial charge in [-0.3, -0.25) is 19.8 Å². The van der Waals surface area contributed by atoms with Gasteiger partial charge in [0, 0.05) is 43.3 Å². The van der Waals surface area contributed by atoms with E-state index in [2.05, 4.69) is 15.3 Å². The Balaban J connectivity index is 1.34. The number of aromatic amines is 1. The molecule has 0 saturated carbocycles. The third kappa shape index (κ3) is 5.87. The fourth-order valence-electron chi connectivity index (χ4n) is 4.53. The SMILES string of the molecule is O=C(NS(=O)(=O)c1ccc(N[C@@H]2CCN(CCF)C2)c([N+](=O)[O-])c1)c1ccccc1Oc1cnc2[nH]ccc2c1. The van der Waals surface area contributed by atoms with Gasteiger partial charge in [0.15, 0.2) is 0 Å². The molecule has 12 nitrogen and oxygen atoms in total. The molecular formula is C26H25FN6O6S. The van der Waals surface area contributed by atoms with E-state index in [9.17, 15) is 27.7 Å². The minimum atomic E-state index is -4.49. The van der Waals surface area contributed by atoms with Gasteiger partial charge in [0.05, 0.1) is 21.6 Å². The molecule has 1 atom stereocenters. The van der Waals surface area contributed by atoms with Crippen molar-refractivity contribution >= 4 is 38.3 Å². The molecule has 2 aromatic carbocycles. The van der Waals surface area contributed by atoms with Gasteiger partial charge in [-0.2, -0.15) is 0 Å². The van der Waals surface area contributed by atoms with Crippen LogP contribution in [0.4, 0.5) is 15.8 Å². The molecule has 0 radical (unpaired) electrons. The molecule has 208 valence electrons. The first kappa shape index (κ1) is 27.0. The fraction of sp³-hybridized carbons (Fsp3) is 0.231. The van der Waals surface area contributed by atoms with Gasteiger partial charge >= 0.3 is 0 Å². The van der Waals surface area contributed by atoms with Crippen molar-refractivity contribution in [2.75, 3.05) is 31.6 Å². The Bertz CT molecular complexity index is 1680. The van der Waals surface area contributed by atoms with Crippen molar-refractivity contribution in [3.63, 3.8) is 0 Å². The number of nitro groups is 1. The highest BCUT2D eigenvalue weighted by Crippen LogP contribution is 2.30. The zero-order valence-electron chi connectivity index (χ0n) is 21.0. The molecule has 1 amide bonds. The second-order valence-electron chi connectivity index (χ2n) is 9.17. The maximum atomic E-state index is 13.1. The maximum absolute atomic E-state index is 13.1. The Morgan fingerprint density at radius 1 is 1.23 bits per heavy atom. The smallest absolute Gasteiger partial charge is 0.293 e. The average molecular weight is 569 g/mol. The van der Waals surface area contributed by atoms with E-state index in [0.29, 0.717) is 30.9 Å². The number of hydrogen-bond acceptors (Lipinski definition) is 9. The van der Waals surface area contributed by atoms with Gasteiger partial charge in [0.25, 0.3) is 21.6 Å². The Morgan fingerprint density at radius 2 is 2.05 bits per heavy atom. The predicted octanol–water partition coefficient (Wildman–Crippen LogP) is 3.84. The summed E-state index contributed by atoms with van der Waals surface area (Å²) in [6, 6.07) is 12.8. The van der Waals surface area contributed by atoms with E-state index >= 15 is 0 Å². The Labute approximate surface area is 228 Å². The molecule has 0 spiro atoms. The maximum Gasteiger partial charge on any atom is 0.293 e. The van der Waals surface area contributed by atoms with Crippen molar-refractivity contribution in [2.45, 2.75) is 17.4 Å². The number of amides is 1. The number of anilines is 1. The van der Waals surface area contributed by atoms with Gasteiger partial charge < -0.3 is 15.0 Å². The number of rotatable bonds is 10. The molecule has 40 heavy (non-hydrogen) atoms. The number of sulfonamides is 1. The molecule has 3 heterocycles. The van der Waals surface area contributed by atoms with Crippen LogP contribution in [0.2, 0.25) is 0 Å². The molecular weight excluding hydrogens is 543 g/mol. The standard InChI is InChI=1S/C26H25FN6O6S/c27-9-12-32-11-8-18(16-32)30-22-6-5-20(14-23(22)33(35)36)40(37,38)31-26(34)21-3-1-2-4-24(21)39-19-13-17-7-10-28-25(17)29-15-19/h1-7,10,13-15,18,30H,8-9,11-12,16H2,(H,28,29)(H,31,34)/t18-/m1/s1. The van der Waals surface area contributed by atoms with E-state index in [1.165, 1.54) is 30.5 Å². The van der Waals surface area contributed by atoms with E-state index in [0.717, 1.165) is 11.5 Å². The summed E-state index contributed by atoms with van der Waals surface area (Å²) < 4.78 is 46.6. The van der Waals surface area contributed by atoms with Crippen molar-refractivity contribution in [3.05, 3.63) is 82.7 Å². The van der Waals surface area contributed by atoms with Crippen LogP contribution in [0, 0.1) is 10.1 Å². The molecule has 5 rings (SSSR count). The lowest BCUT2D eigenvalue weighted by Gasteiger charge is -2.16. The number of fused-ring (bicyclic) bond motifs is 1. The molecule has 2 aromatic heterocycles. The normalized spacial score (nSPS) is 15.7. The number of carbonyl (C=O) groups excluding carboxylic acids is 1. The van der Waals surface area contributed by atoms with Crippen molar-refractivity contribution < 1.29 is 27.3 Å². The summed E-state index contributed by atoms with van der Waals surface area (Å²) >= 11 is 0. The lowest BCUT2D eigenvalue weighted by Crippen LogP contribution is -2.31. The number of pyridine rings is 1. The molecule has 1 aliphatic rings. The molecule has 3 N–H and O–H groups in total. The number of aromatic nitrogens is 2. The minimum Gasteiger partial charge on any atom is -0.455 e. The van der Waals surface area contributed by atoms with Gasteiger partial charge in [0.1, 0.15) is 29.5 Å². The van der Waals surface area contributed by atoms with Gasteiger partial charge in [0.2, 0.25) is 0 Å². The van der Waals surface area contributed by atoms with Gasteiger partial charge in [-0.05, 0) is 42.8 Å². The largest absolute Gasteiger partial charge is 0.455 e. The van der Waals surface area contributed by atoms with E-state index in [4.69, 9.17) is 4.74 Å². The molecule has 1 saturated heterocycles. The first-order valence-electron chi connectivity index (χ1n) is 12.3. The number of halogens is 1. The quantitative estimate of drug-likeness (QED) is 0.191. The topological polar surface area (TPSA) is 160 Å². The van der Waals surface area contributed by atoms with Crippen LogP contribution in [-0.4, -0.2) is 66.5 Å². The number of likely N-dealkylation sites (tertiary alicyclic amines) is 1. The summed E-state index contributed by atoms with van der Waals surface area (Å²) in [4.78, 5) is 32.8. The van der Waals surface area contributed by atoms with Crippen molar-refractivity contribution in [1.82, 2.24) is 19.6 Å². The van der Waals surface area contributed by atoms with Crippen molar-refractivity contribution in [3.8, 4) is 11.5 Å². The summed E-state index contributed by atoms with van der Waals surface area (Å²) in [6.45, 7) is 0.955. The number of nitrogens with one attached hydrogen (secondary N) is 3. The monoisotopic (exact) mass is 568 g/mol. The number of hydrogen-bond donors (Lipinski definition) is 3. The summed E-state index contributed by atoms with van der Waals surface area (Å²) in [6.07, 6.45) is 3.84. The molecule has 1 fully saturated rings. The number of carbonyl (C=O) groups is 1. The lowest BCUT2D eigenvalue weighted by molar-refractivity contribution is -0.384. The van der Waals surface area contributed by atoms with Crippen LogP contribution in [0.3, 0.4) is 0 Å². The molecule has 0 unspecified atom stereocenters. The van der Waals surface area contributed by atoms with E-state index < -0.39 is 38.1 Å². The van der Waals surface area contributed by atoms with Crippen molar-refractivity contribution in [1.29, 1.82) is 0 Å². The van der Waals surface area contributed by atoms with Crippen LogP contribution < -0.4 is 14.8 Å². The predicted molar refractivity (Wildman–Crippen MR) is 145 cm³/mol. The van der Waals surface area contributed by atoms with Crippen LogP contribution in [0.1, 0.15) is 16.8 Å². The van der Waals surface area contributed by atoms with Crippen LogP contribution in [0.5, 0.6) is 11.5 Å². The number of H-pyrrole nitrogens is 1. The summed E-state index contributed by atoms with van der Waals surface area (Å²) in [5, 5.41) is 15.6. The Morgan fingerprint density at radius 3 is 2.85 bits per heavy atom. The number of alkyl halides is 1. The van der Waals surface area contributed by atoms with Crippen LogP contribution >= 0.6 is 0 Å². The summed E-state index contributed by atoms with van der Waals surface area (Å²) in [5.74, 6) is -0.546. The summed E-state index contributed by atoms with van der Waals surface area (Å²) in [5.41, 5.74) is 0.263. The first-order valence-corrected chi connectivity index (χ1v) is 13.8. The zero-order valence-corrected chi connectivity index (χ0v) is 21.9. The van der Waals surface area contributed by atoms with E-state index in [1.54, 1.807) is 30.5 Å². The zero-order chi connectivity index (χ0) is 28.3. The average Bonchev–Trinajstić information content (AvgIpc) is 3.58. The van der Waals surface area contributed by atoms with E-state index in [1.807, 2.05) is 9.62 Å². The molecule has 1 aliphatic heterocycles. The third-order valence-electron chi connectivity index (χ3n) is 6.47. The second kappa shape index (κ2) is 11.3. The number of benzene rings is 2. The fourth-order valence-corrected chi connectivity index (χ4v) is 5.51. The highest BCUT2D eigenvalue weighted by molar-refractivity contribution is 7.90. The third-order valence-corrected chi connectivity index (χ3v) is 7.80. The number of ether oxygens (including phenoxy) is 1.